The van der Waals surface area contributed by atoms with Gasteiger partial charge in [-0.25, -0.2) is 4.98 Å². The van der Waals surface area contributed by atoms with Gasteiger partial charge in [0.25, 0.3) is 0 Å². The molecule has 1 aliphatic rings. The molecule has 0 aromatic carbocycles. The second-order valence-electron chi connectivity index (χ2n) is 3.31. The zero-order valence-corrected chi connectivity index (χ0v) is 8.95. The highest BCUT2D eigenvalue weighted by Gasteiger charge is 2.32. The molecule has 75 valence electrons. The summed E-state index contributed by atoms with van der Waals surface area (Å²) in [5.41, 5.74) is 1.78. The lowest BCUT2D eigenvalue weighted by Gasteiger charge is -2.14. The fourth-order valence-corrected chi connectivity index (χ4v) is 1.68. The van der Waals surface area contributed by atoms with Gasteiger partial charge in [-0.05, 0) is 37.8 Å². The van der Waals surface area contributed by atoms with Crippen LogP contribution in [-0.4, -0.2) is 11.3 Å². The lowest BCUT2D eigenvalue weighted by molar-refractivity contribution is -0.105. The first-order valence-corrected chi connectivity index (χ1v) is 4.94. The maximum absolute atomic E-state index is 10.8. The van der Waals surface area contributed by atoms with Gasteiger partial charge in [0.15, 0.2) is 0 Å². The predicted octanol–water partition coefficient (Wildman–Crippen LogP) is 2.37. The van der Waals surface area contributed by atoms with Crippen molar-refractivity contribution in [1.82, 2.24) is 4.98 Å². The minimum atomic E-state index is 0.439. The molecule has 0 atom stereocenters. The van der Waals surface area contributed by atoms with Crippen LogP contribution in [0.4, 0.5) is 0 Å². The Kier molecular flexibility index (Phi) is 3.06. The summed E-state index contributed by atoms with van der Waals surface area (Å²) in [5.74, 6) is 1.48. The van der Waals surface area contributed by atoms with E-state index in [-0.39, 0.29) is 0 Å². The molecule has 0 N–H and O–H groups in total. The van der Waals surface area contributed by atoms with Crippen molar-refractivity contribution in [2.75, 3.05) is 0 Å². The highest BCUT2D eigenvalue weighted by Crippen LogP contribution is 2.37. The molecule has 1 aromatic rings. The SMILES string of the molecule is Cc1ccc(Cl)nc1[C]1[CH][CH][CH][C]1C=O. The Morgan fingerprint density at radius 1 is 1.33 bits per heavy atom. The summed E-state index contributed by atoms with van der Waals surface area (Å²) in [6.45, 7) is 1.94. The third-order valence-corrected chi connectivity index (χ3v) is 2.51. The molecule has 0 saturated heterocycles. The fraction of sp³-hybridized carbons (Fsp3) is 0.0833. The lowest BCUT2D eigenvalue weighted by Crippen LogP contribution is -2.10. The van der Waals surface area contributed by atoms with Crippen molar-refractivity contribution in [3.05, 3.63) is 59.6 Å². The van der Waals surface area contributed by atoms with Crippen molar-refractivity contribution >= 4 is 17.9 Å². The van der Waals surface area contributed by atoms with Crippen LogP contribution in [-0.2, 0) is 4.79 Å². The van der Waals surface area contributed by atoms with Crippen LogP contribution < -0.4 is 0 Å². The van der Waals surface area contributed by atoms with Gasteiger partial charge >= 0.3 is 0 Å². The second kappa shape index (κ2) is 4.31. The zero-order chi connectivity index (χ0) is 10.8. The first-order valence-electron chi connectivity index (χ1n) is 4.57. The molecule has 15 heavy (non-hydrogen) atoms. The van der Waals surface area contributed by atoms with Crippen LogP contribution in [0, 0.1) is 38.0 Å². The number of aryl methyl sites for hydroxylation is 1. The summed E-state index contributed by atoms with van der Waals surface area (Å²) >= 11 is 5.83. The van der Waals surface area contributed by atoms with E-state index in [4.69, 9.17) is 11.6 Å². The summed E-state index contributed by atoms with van der Waals surface area (Å²) in [6.07, 6.45) is 6.30. The zero-order valence-electron chi connectivity index (χ0n) is 8.20. The second-order valence-corrected chi connectivity index (χ2v) is 3.70. The Morgan fingerprint density at radius 2 is 2.13 bits per heavy atom. The molecule has 1 aliphatic carbocycles. The number of pyridine rings is 1. The summed E-state index contributed by atoms with van der Waals surface area (Å²) in [5, 5.41) is 0.439. The Balaban J connectivity index is 2.35. The van der Waals surface area contributed by atoms with Gasteiger partial charge in [-0.2, -0.15) is 0 Å². The highest BCUT2D eigenvalue weighted by atomic mass is 35.5. The number of hydrogen-bond acceptors (Lipinski definition) is 2. The van der Waals surface area contributed by atoms with Crippen molar-refractivity contribution in [3.63, 3.8) is 0 Å². The molecule has 1 aromatic heterocycles. The van der Waals surface area contributed by atoms with Crippen LogP contribution in [0.5, 0.6) is 0 Å². The smallest absolute Gasteiger partial charge is 0.129 e. The van der Waals surface area contributed by atoms with Gasteiger partial charge in [0, 0.05) is 5.92 Å². The van der Waals surface area contributed by atoms with Gasteiger partial charge < -0.3 is 4.79 Å². The molecular weight excluding hydrogens is 210 g/mol. The molecule has 5 radical (unpaired) electrons. The number of halogens is 1. The minimum absolute atomic E-state index is 0.439. The molecule has 0 spiro atoms. The fourth-order valence-electron chi connectivity index (χ4n) is 1.53. The van der Waals surface area contributed by atoms with Crippen LogP contribution in [0.1, 0.15) is 11.3 Å². The van der Waals surface area contributed by atoms with Crippen molar-refractivity contribution in [3.8, 4) is 0 Å². The van der Waals surface area contributed by atoms with Crippen LogP contribution in [0.15, 0.2) is 12.1 Å². The third-order valence-electron chi connectivity index (χ3n) is 2.29. The number of nitrogens with zero attached hydrogens (tertiary/aromatic N) is 1. The largest absolute Gasteiger partial charge is 0.303 e. The standard InChI is InChI=1S/C12H9ClNO/c1-8-5-6-11(13)14-12(8)10-4-2-3-9(10)7-15/h2-7H,1H3. The summed E-state index contributed by atoms with van der Waals surface area (Å²) < 4.78 is 0. The molecule has 1 fully saturated rings. The summed E-state index contributed by atoms with van der Waals surface area (Å²) in [6, 6.07) is 3.64. The number of rotatable bonds is 2. The molecule has 2 nitrogen and oxygen atoms in total. The Morgan fingerprint density at radius 3 is 2.87 bits per heavy atom. The van der Waals surface area contributed by atoms with Crippen LogP contribution in [0.3, 0.4) is 0 Å². The third kappa shape index (κ3) is 2.05. The van der Waals surface area contributed by atoms with Crippen LogP contribution >= 0.6 is 11.6 Å². The van der Waals surface area contributed by atoms with E-state index in [9.17, 15) is 4.79 Å². The molecule has 0 bridgehead atoms. The van der Waals surface area contributed by atoms with Crippen molar-refractivity contribution in [2.24, 2.45) is 0 Å². The molecule has 0 amide bonds. The van der Waals surface area contributed by atoms with E-state index in [0.717, 1.165) is 23.5 Å². The van der Waals surface area contributed by atoms with Crippen LogP contribution in [0.25, 0.3) is 0 Å². The number of hydrogen-bond donors (Lipinski definition) is 0. The van der Waals surface area contributed by atoms with E-state index in [0.29, 0.717) is 11.1 Å². The average Bonchev–Trinajstić information content (AvgIpc) is 2.69. The Bertz CT molecular complexity index is 378. The summed E-state index contributed by atoms with van der Waals surface area (Å²) in [7, 11) is 0. The predicted molar refractivity (Wildman–Crippen MR) is 58.5 cm³/mol. The van der Waals surface area contributed by atoms with E-state index in [2.05, 4.69) is 4.98 Å². The van der Waals surface area contributed by atoms with E-state index in [1.807, 2.05) is 25.8 Å². The summed E-state index contributed by atoms with van der Waals surface area (Å²) in [4.78, 5) is 15.0. The molecule has 3 heteroatoms. The van der Waals surface area contributed by atoms with Crippen molar-refractivity contribution < 1.29 is 4.79 Å². The minimum Gasteiger partial charge on any atom is -0.303 e. The molecule has 0 unspecified atom stereocenters. The number of carbonyl (C=O) groups is 1. The Labute approximate surface area is 94.7 Å². The first-order chi connectivity index (χ1) is 7.22. The number of carbonyl (C=O) groups excluding carboxylic acids is 1. The van der Waals surface area contributed by atoms with Gasteiger partial charge in [0.2, 0.25) is 0 Å². The van der Waals surface area contributed by atoms with Gasteiger partial charge in [-0.15, -0.1) is 0 Å². The maximum atomic E-state index is 10.8. The maximum Gasteiger partial charge on any atom is 0.129 e. The van der Waals surface area contributed by atoms with Crippen LogP contribution in [0.2, 0.25) is 5.15 Å². The van der Waals surface area contributed by atoms with Gasteiger partial charge in [-0.3, -0.25) is 0 Å². The molecular formula is C12H9ClNO. The highest BCUT2D eigenvalue weighted by molar-refractivity contribution is 6.29. The van der Waals surface area contributed by atoms with E-state index in [1.165, 1.54) is 0 Å². The van der Waals surface area contributed by atoms with E-state index >= 15 is 0 Å². The van der Waals surface area contributed by atoms with E-state index in [1.54, 1.807) is 12.5 Å². The average molecular weight is 219 g/mol. The number of aromatic nitrogens is 1. The molecule has 0 aliphatic heterocycles. The molecule has 2 rings (SSSR count). The monoisotopic (exact) mass is 218 g/mol. The lowest BCUT2D eigenvalue weighted by atomic mass is 9.91. The first kappa shape index (κ1) is 10.6. The topological polar surface area (TPSA) is 30.0 Å². The van der Waals surface area contributed by atoms with Gasteiger partial charge in [0.05, 0.1) is 11.6 Å². The number of aldehydes is 1. The van der Waals surface area contributed by atoms with E-state index < -0.39 is 0 Å². The van der Waals surface area contributed by atoms with Crippen molar-refractivity contribution in [1.29, 1.82) is 0 Å². The normalized spacial score (nSPS) is 18.3. The van der Waals surface area contributed by atoms with Crippen molar-refractivity contribution in [2.45, 2.75) is 6.92 Å². The molecule has 1 saturated carbocycles. The quantitative estimate of drug-likeness (QED) is 0.564. The van der Waals surface area contributed by atoms with Gasteiger partial charge in [0.1, 0.15) is 11.4 Å². The van der Waals surface area contributed by atoms with Gasteiger partial charge in [-0.1, -0.05) is 17.7 Å². The molecule has 1 heterocycles. The Hall–Kier alpha value is -0.890.